The number of rotatable bonds is 3. The van der Waals surface area contributed by atoms with Gasteiger partial charge in [0.25, 0.3) is 5.91 Å². The van der Waals surface area contributed by atoms with Crippen molar-refractivity contribution in [3.8, 4) is 0 Å². The zero-order chi connectivity index (χ0) is 19.8. The van der Waals surface area contributed by atoms with Crippen molar-refractivity contribution >= 4 is 57.6 Å². The molecule has 0 aromatic heterocycles. The van der Waals surface area contributed by atoms with E-state index in [-0.39, 0.29) is 11.8 Å². The first-order chi connectivity index (χ1) is 13.4. The van der Waals surface area contributed by atoms with Crippen LogP contribution in [0.3, 0.4) is 0 Å². The molecule has 0 fully saturated rings. The van der Waals surface area contributed by atoms with Crippen LogP contribution in [-0.2, 0) is 9.59 Å². The van der Waals surface area contributed by atoms with Gasteiger partial charge in [-0.05, 0) is 50.2 Å². The van der Waals surface area contributed by atoms with Crippen LogP contribution in [0.15, 0.2) is 58.5 Å². The third kappa shape index (κ3) is 3.43. The number of amides is 2. The fourth-order valence-corrected chi connectivity index (χ4v) is 3.98. The molecule has 28 heavy (non-hydrogen) atoms. The number of hydrogen-bond donors (Lipinski definition) is 1. The average molecular weight is 413 g/mol. The van der Waals surface area contributed by atoms with E-state index in [1.807, 2.05) is 24.3 Å². The van der Waals surface area contributed by atoms with Crippen LogP contribution in [0.4, 0.5) is 11.4 Å². The highest BCUT2D eigenvalue weighted by Gasteiger charge is 2.40. The molecule has 6 nitrogen and oxygen atoms in total. The fraction of sp³-hybridized carbons (Fsp3) is 0.200. The molecule has 2 aliphatic rings. The molecule has 0 saturated carbocycles. The monoisotopic (exact) mass is 412 g/mol. The van der Waals surface area contributed by atoms with E-state index in [0.29, 0.717) is 21.7 Å². The number of thioether (sulfide) groups is 1. The van der Waals surface area contributed by atoms with Crippen molar-refractivity contribution in [3.63, 3.8) is 0 Å². The van der Waals surface area contributed by atoms with E-state index in [4.69, 9.17) is 11.6 Å². The molecule has 2 aliphatic heterocycles. The average Bonchev–Trinajstić information content (AvgIpc) is 2.99. The number of para-hydroxylation sites is 1. The largest absolute Gasteiger partial charge is 0.325 e. The Morgan fingerprint density at radius 1 is 1.21 bits per heavy atom. The van der Waals surface area contributed by atoms with Crippen molar-refractivity contribution in [3.05, 3.63) is 59.1 Å². The third-order valence-electron chi connectivity index (χ3n) is 4.42. The normalized spacial score (nSPS) is 18.8. The van der Waals surface area contributed by atoms with Crippen molar-refractivity contribution in [2.24, 2.45) is 9.98 Å². The molecule has 2 heterocycles. The van der Waals surface area contributed by atoms with Crippen molar-refractivity contribution in [2.75, 3.05) is 5.32 Å². The number of fused-ring (bicyclic) bond motifs is 3. The summed E-state index contributed by atoms with van der Waals surface area (Å²) in [6.07, 6.45) is 0. The Morgan fingerprint density at radius 3 is 2.68 bits per heavy atom. The van der Waals surface area contributed by atoms with E-state index < -0.39 is 11.3 Å². The van der Waals surface area contributed by atoms with Gasteiger partial charge in [-0.1, -0.05) is 35.5 Å². The van der Waals surface area contributed by atoms with Gasteiger partial charge in [0, 0.05) is 16.3 Å². The highest BCUT2D eigenvalue weighted by Crippen LogP contribution is 2.34. The molecule has 0 saturated heterocycles. The van der Waals surface area contributed by atoms with Crippen LogP contribution >= 0.6 is 23.4 Å². The Labute approximate surface area is 171 Å². The van der Waals surface area contributed by atoms with Crippen LogP contribution in [0.5, 0.6) is 0 Å². The summed E-state index contributed by atoms with van der Waals surface area (Å²) in [6.45, 7) is 3.54. The highest BCUT2D eigenvalue weighted by atomic mass is 35.5. The van der Waals surface area contributed by atoms with Crippen LogP contribution in [0, 0.1) is 0 Å². The molecule has 2 amide bonds. The van der Waals surface area contributed by atoms with E-state index >= 15 is 0 Å². The number of amidine groups is 2. The summed E-state index contributed by atoms with van der Waals surface area (Å²) in [6, 6.07) is 14.0. The number of carbonyl (C=O) groups excluding carboxylic acids is 2. The predicted molar refractivity (Wildman–Crippen MR) is 114 cm³/mol. The van der Waals surface area contributed by atoms with Crippen LogP contribution in [0.1, 0.15) is 19.4 Å². The van der Waals surface area contributed by atoms with E-state index in [1.54, 1.807) is 38.1 Å². The second kappa shape index (κ2) is 7.41. The standard InChI is InChI=1S/C20H17ClN4O2S/c1-11-19(27)25-17(22-11)15-5-3-4-6-16(15)24-20(25)28-12(2)18(26)23-14-9-7-13(21)8-10-14/h3-12H,1-2H3,(H,23,26)/t11-,12-/m1/s1. The molecular formula is C20H17ClN4O2S. The van der Waals surface area contributed by atoms with Gasteiger partial charge in [0.1, 0.15) is 11.9 Å². The minimum Gasteiger partial charge on any atom is -0.325 e. The lowest BCUT2D eigenvalue weighted by molar-refractivity contribution is -0.124. The zero-order valence-electron chi connectivity index (χ0n) is 15.2. The number of halogens is 1. The van der Waals surface area contributed by atoms with Crippen molar-refractivity contribution in [1.29, 1.82) is 0 Å². The lowest BCUT2D eigenvalue weighted by atomic mass is 10.1. The quantitative estimate of drug-likeness (QED) is 0.825. The van der Waals surface area contributed by atoms with Crippen LogP contribution in [0.25, 0.3) is 0 Å². The van der Waals surface area contributed by atoms with Crippen LogP contribution in [-0.4, -0.2) is 39.0 Å². The number of hydrogen-bond acceptors (Lipinski definition) is 5. The molecule has 0 unspecified atom stereocenters. The number of carbonyl (C=O) groups is 2. The summed E-state index contributed by atoms with van der Waals surface area (Å²) in [4.78, 5) is 35.9. The lowest BCUT2D eigenvalue weighted by Crippen LogP contribution is -2.41. The van der Waals surface area contributed by atoms with E-state index in [0.717, 1.165) is 11.3 Å². The van der Waals surface area contributed by atoms with E-state index in [9.17, 15) is 9.59 Å². The Kier molecular flexibility index (Phi) is 4.95. The van der Waals surface area contributed by atoms with Gasteiger partial charge in [0.05, 0.1) is 10.9 Å². The second-order valence-electron chi connectivity index (χ2n) is 6.47. The van der Waals surface area contributed by atoms with Crippen molar-refractivity contribution < 1.29 is 9.59 Å². The lowest BCUT2D eigenvalue weighted by Gasteiger charge is -2.26. The molecule has 2 aromatic rings. The van der Waals surface area contributed by atoms with Crippen LogP contribution < -0.4 is 5.32 Å². The molecule has 1 N–H and O–H groups in total. The minimum atomic E-state index is -0.468. The first-order valence-corrected chi connectivity index (χ1v) is 10.0. The topological polar surface area (TPSA) is 74.1 Å². The Hall–Kier alpha value is -2.64. The molecule has 0 aliphatic carbocycles. The molecule has 8 heteroatoms. The van der Waals surface area contributed by atoms with Gasteiger partial charge in [-0.2, -0.15) is 0 Å². The van der Waals surface area contributed by atoms with E-state index in [1.165, 1.54) is 16.7 Å². The second-order valence-corrected chi connectivity index (χ2v) is 8.21. The molecule has 0 radical (unpaired) electrons. The van der Waals surface area contributed by atoms with Gasteiger partial charge in [0.2, 0.25) is 5.91 Å². The minimum absolute atomic E-state index is 0.138. The van der Waals surface area contributed by atoms with Gasteiger partial charge in [-0.25, -0.2) is 9.89 Å². The van der Waals surface area contributed by atoms with Crippen LogP contribution in [0.2, 0.25) is 5.02 Å². The summed E-state index contributed by atoms with van der Waals surface area (Å²) in [5.41, 5.74) is 2.22. The van der Waals surface area contributed by atoms with Crippen molar-refractivity contribution in [1.82, 2.24) is 4.90 Å². The SMILES string of the molecule is C[C@H]1N=C2c3ccccc3N=C(S[C@H](C)C(=O)Nc3ccc(Cl)cc3)N2C1=O. The molecule has 142 valence electrons. The Morgan fingerprint density at radius 2 is 1.93 bits per heavy atom. The zero-order valence-corrected chi connectivity index (χ0v) is 16.8. The Balaban J connectivity index is 1.57. The predicted octanol–water partition coefficient (Wildman–Crippen LogP) is 4.08. The number of nitrogens with one attached hydrogen (secondary N) is 1. The number of benzene rings is 2. The number of nitrogens with zero attached hydrogens (tertiary/aromatic N) is 3. The molecule has 0 bridgehead atoms. The van der Waals surface area contributed by atoms with Gasteiger partial charge in [-0.15, -0.1) is 0 Å². The summed E-state index contributed by atoms with van der Waals surface area (Å²) in [5, 5.41) is 3.45. The molecule has 0 spiro atoms. The third-order valence-corrected chi connectivity index (χ3v) is 5.73. The smallest absolute Gasteiger partial charge is 0.258 e. The van der Waals surface area contributed by atoms with Crippen molar-refractivity contribution in [2.45, 2.75) is 25.1 Å². The first-order valence-electron chi connectivity index (χ1n) is 8.77. The molecule has 4 rings (SSSR count). The van der Waals surface area contributed by atoms with Gasteiger partial charge >= 0.3 is 0 Å². The van der Waals surface area contributed by atoms with Gasteiger partial charge in [0.15, 0.2) is 5.17 Å². The molecular weight excluding hydrogens is 396 g/mol. The summed E-state index contributed by atoms with van der Waals surface area (Å²) < 4.78 is 0. The molecule has 2 atom stereocenters. The summed E-state index contributed by atoms with van der Waals surface area (Å²) >= 11 is 7.11. The maximum Gasteiger partial charge on any atom is 0.258 e. The Bertz CT molecular complexity index is 1020. The first kappa shape index (κ1) is 18.7. The maximum absolute atomic E-state index is 12.6. The van der Waals surface area contributed by atoms with Gasteiger partial charge in [-0.3, -0.25) is 14.6 Å². The number of anilines is 1. The number of aliphatic imine (C=N–C) groups is 2. The molecule has 2 aromatic carbocycles. The summed E-state index contributed by atoms with van der Waals surface area (Å²) in [5.74, 6) is 0.268. The highest BCUT2D eigenvalue weighted by molar-refractivity contribution is 8.15. The maximum atomic E-state index is 12.6. The summed E-state index contributed by atoms with van der Waals surface area (Å²) in [7, 11) is 0. The van der Waals surface area contributed by atoms with Gasteiger partial charge < -0.3 is 5.32 Å². The fourth-order valence-electron chi connectivity index (χ4n) is 2.94. The van der Waals surface area contributed by atoms with E-state index in [2.05, 4.69) is 15.3 Å².